The van der Waals surface area contributed by atoms with E-state index < -0.39 is 6.36 Å². The number of ketones is 1. The van der Waals surface area contributed by atoms with Crippen molar-refractivity contribution in [2.24, 2.45) is 0 Å². The van der Waals surface area contributed by atoms with Gasteiger partial charge in [0.25, 0.3) is 0 Å². The second kappa shape index (κ2) is 9.79. The number of aromatic nitrogens is 2. The molecular weight excluding hydrogens is 453 g/mol. The van der Waals surface area contributed by atoms with E-state index in [-0.39, 0.29) is 23.2 Å². The Hall–Kier alpha value is -3.12. The molecule has 0 aliphatic carbocycles. The van der Waals surface area contributed by atoms with Crippen molar-refractivity contribution in [1.29, 1.82) is 0 Å². The van der Waals surface area contributed by atoms with Crippen LogP contribution in [0.3, 0.4) is 0 Å². The molecule has 2 N–H and O–H groups in total. The third-order valence-electron chi connectivity index (χ3n) is 3.65. The first kappa shape index (κ1) is 22.6. The summed E-state index contributed by atoms with van der Waals surface area (Å²) < 4.78 is 40.9. The fourth-order valence-electron chi connectivity index (χ4n) is 2.39. The Labute approximate surface area is 183 Å². The van der Waals surface area contributed by atoms with Crippen LogP contribution in [0, 0.1) is 0 Å². The van der Waals surface area contributed by atoms with Crippen LogP contribution in [0.15, 0.2) is 52.9 Å². The number of nitrogens with zero attached hydrogens (tertiary/aromatic N) is 2. The second-order valence-corrected chi connectivity index (χ2v) is 8.21. The normalized spacial score (nSPS) is 11.1. The van der Waals surface area contributed by atoms with Crippen molar-refractivity contribution in [3.63, 3.8) is 0 Å². The number of carbonyl (C=O) groups is 2. The summed E-state index contributed by atoms with van der Waals surface area (Å²) in [6.45, 7) is 1.42. The number of alkyl halides is 3. The van der Waals surface area contributed by atoms with Gasteiger partial charge in [-0.05, 0) is 43.3 Å². The number of benzene rings is 2. The highest BCUT2D eigenvalue weighted by Crippen LogP contribution is 2.29. The third kappa shape index (κ3) is 6.96. The molecule has 0 radical (unpaired) electrons. The lowest BCUT2D eigenvalue weighted by Crippen LogP contribution is -2.16. The molecule has 1 aromatic heterocycles. The van der Waals surface area contributed by atoms with Crippen molar-refractivity contribution >= 4 is 51.3 Å². The van der Waals surface area contributed by atoms with E-state index in [0.29, 0.717) is 26.4 Å². The van der Waals surface area contributed by atoms with E-state index in [0.717, 1.165) is 0 Å². The quantitative estimate of drug-likeness (QED) is 0.350. The van der Waals surface area contributed by atoms with Crippen LogP contribution in [0.1, 0.15) is 17.3 Å². The van der Waals surface area contributed by atoms with Gasteiger partial charge in [-0.3, -0.25) is 9.59 Å². The molecule has 0 unspecified atom stereocenters. The predicted molar refractivity (Wildman–Crippen MR) is 112 cm³/mol. The Bertz CT molecular complexity index is 1070. The Morgan fingerprint density at radius 2 is 1.81 bits per heavy atom. The van der Waals surface area contributed by atoms with Crippen LogP contribution in [0.4, 0.5) is 29.7 Å². The summed E-state index contributed by atoms with van der Waals surface area (Å²) in [4.78, 5) is 23.8. The van der Waals surface area contributed by atoms with Gasteiger partial charge in [-0.15, -0.1) is 23.4 Å². The minimum Gasteiger partial charge on any atom is -0.406 e. The fraction of sp³-hybridized carbons (Fsp3) is 0.158. The number of para-hydroxylation sites is 1. The Kier molecular flexibility index (Phi) is 7.13. The standard InChI is InChI=1S/C19H15F3N4O3S2/c1-11(27)14-4-2-3-5-15(14)24-16(28)10-30-18-26-25-17(31-18)23-12-6-8-13(9-7-12)29-19(20,21)22/h2-9H,10H2,1H3,(H,23,25)(H,24,28). The Balaban J connectivity index is 1.52. The first-order valence-electron chi connectivity index (χ1n) is 8.68. The topological polar surface area (TPSA) is 93.2 Å². The van der Waals surface area contributed by atoms with Gasteiger partial charge < -0.3 is 15.4 Å². The van der Waals surface area contributed by atoms with E-state index in [1.165, 1.54) is 54.3 Å². The van der Waals surface area contributed by atoms with Gasteiger partial charge in [0.2, 0.25) is 11.0 Å². The summed E-state index contributed by atoms with van der Waals surface area (Å²) in [6, 6.07) is 11.9. The molecule has 162 valence electrons. The molecule has 0 fully saturated rings. The van der Waals surface area contributed by atoms with Gasteiger partial charge in [0.05, 0.1) is 11.4 Å². The molecule has 3 rings (SSSR count). The predicted octanol–water partition coefficient (Wildman–Crippen LogP) is 5.11. The number of anilines is 3. The second-order valence-electron chi connectivity index (χ2n) is 6.01. The van der Waals surface area contributed by atoms with Crippen molar-refractivity contribution in [1.82, 2.24) is 10.2 Å². The first-order chi connectivity index (χ1) is 14.7. The maximum atomic E-state index is 12.2. The van der Waals surface area contributed by atoms with E-state index in [4.69, 9.17) is 0 Å². The molecule has 0 bridgehead atoms. The van der Waals surface area contributed by atoms with E-state index >= 15 is 0 Å². The SMILES string of the molecule is CC(=O)c1ccccc1NC(=O)CSc1nnc(Nc2ccc(OC(F)(F)F)cc2)s1. The molecule has 0 aliphatic rings. The molecule has 3 aromatic rings. The van der Waals surface area contributed by atoms with Crippen LogP contribution < -0.4 is 15.4 Å². The van der Waals surface area contributed by atoms with E-state index in [1.54, 1.807) is 24.3 Å². The lowest BCUT2D eigenvalue weighted by atomic mass is 10.1. The number of Topliss-reactive ketones (excluding diaryl/α,β-unsaturated/α-hetero) is 1. The first-order valence-corrected chi connectivity index (χ1v) is 10.5. The highest BCUT2D eigenvalue weighted by molar-refractivity contribution is 8.01. The van der Waals surface area contributed by atoms with Gasteiger partial charge in [-0.2, -0.15) is 0 Å². The minimum atomic E-state index is -4.75. The molecule has 1 amide bonds. The average Bonchev–Trinajstić information content (AvgIpc) is 3.14. The van der Waals surface area contributed by atoms with Gasteiger partial charge in [0, 0.05) is 11.3 Å². The van der Waals surface area contributed by atoms with E-state index in [2.05, 4.69) is 25.6 Å². The summed E-state index contributed by atoms with van der Waals surface area (Å²) in [5.74, 6) is -0.723. The number of hydrogen-bond donors (Lipinski definition) is 2. The van der Waals surface area contributed by atoms with Crippen LogP contribution in [0.2, 0.25) is 0 Å². The van der Waals surface area contributed by atoms with Crippen molar-refractivity contribution in [2.75, 3.05) is 16.4 Å². The number of thioether (sulfide) groups is 1. The minimum absolute atomic E-state index is 0.0599. The van der Waals surface area contributed by atoms with Gasteiger partial charge in [0.1, 0.15) is 5.75 Å². The van der Waals surface area contributed by atoms with Crippen molar-refractivity contribution in [3.05, 3.63) is 54.1 Å². The number of rotatable bonds is 8. The molecule has 31 heavy (non-hydrogen) atoms. The highest BCUT2D eigenvalue weighted by atomic mass is 32.2. The molecule has 0 spiro atoms. The summed E-state index contributed by atoms with van der Waals surface area (Å²) in [5.41, 5.74) is 1.37. The number of nitrogens with one attached hydrogen (secondary N) is 2. The Morgan fingerprint density at radius 1 is 1.10 bits per heavy atom. The average molecular weight is 468 g/mol. The molecule has 0 atom stereocenters. The molecule has 1 heterocycles. The third-order valence-corrected chi connectivity index (χ3v) is 5.62. The van der Waals surface area contributed by atoms with E-state index in [1.807, 2.05) is 0 Å². The molecule has 7 nitrogen and oxygen atoms in total. The number of hydrogen-bond acceptors (Lipinski definition) is 8. The lowest BCUT2D eigenvalue weighted by molar-refractivity contribution is -0.274. The zero-order chi connectivity index (χ0) is 22.4. The van der Waals surface area contributed by atoms with E-state index in [9.17, 15) is 22.8 Å². The van der Waals surface area contributed by atoms with Crippen LogP contribution >= 0.6 is 23.1 Å². The Morgan fingerprint density at radius 3 is 2.48 bits per heavy atom. The molecule has 0 aliphatic heterocycles. The van der Waals surface area contributed by atoms with Crippen LogP contribution in [-0.4, -0.2) is 34.0 Å². The maximum absolute atomic E-state index is 12.2. The molecule has 0 saturated heterocycles. The zero-order valence-corrected chi connectivity index (χ0v) is 17.5. The number of carbonyl (C=O) groups excluding carboxylic acids is 2. The summed E-state index contributed by atoms with van der Waals surface area (Å²) in [6.07, 6.45) is -4.75. The molecular formula is C19H15F3N4O3S2. The summed E-state index contributed by atoms with van der Waals surface area (Å²) in [5, 5.41) is 13.9. The van der Waals surface area contributed by atoms with Crippen LogP contribution in [0.25, 0.3) is 0 Å². The fourth-order valence-corrected chi connectivity index (χ4v) is 3.97. The smallest absolute Gasteiger partial charge is 0.406 e. The van der Waals surface area contributed by atoms with Gasteiger partial charge in [-0.1, -0.05) is 35.2 Å². The van der Waals surface area contributed by atoms with Crippen LogP contribution in [0.5, 0.6) is 5.75 Å². The molecule has 0 saturated carbocycles. The zero-order valence-electron chi connectivity index (χ0n) is 15.9. The van der Waals surface area contributed by atoms with Crippen molar-refractivity contribution < 1.29 is 27.5 Å². The maximum Gasteiger partial charge on any atom is 0.573 e. The van der Waals surface area contributed by atoms with Gasteiger partial charge >= 0.3 is 6.36 Å². The van der Waals surface area contributed by atoms with Gasteiger partial charge in [0.15, 0.2) is 10.1 Å². The monoisotopic (exact) mass is 468 g/mol. The summed E-state index contributed by atoms with van der Waals surface area (Å²) in [7, 11) is 0. The lowest BCUT2D eigenvalue weighted by Gasteiger charge is -2.09. The van der Waals surface area contributed by atoms with Crippen molar-refractivity contribution in [2.45, 2.75) is 17.6 Å². The molecule has 12 heteroatoms. The number of amides is 1. The van der Waals surface area contributed by atoms with Crippen LogP contribution in [-0.2, 0) is 4.79 Å². The van der Waals surface area contributed by atoms with Gasteiger partial charge in [-0.25, -0.2) is 0 Å². The van der Waals surface area contributed by atoms with Crippen molar-refractivity contribution in [3.8, 4) is 5.75 Å². The largest absolute Gasteiger partial charge is 0.573 e. The summed E-state index contributed by atoms with van der Waals surface area (Å²) >= 11 is 2.35. The number of halogens is 3. The number of ether oxygens (including phenoxy) is 1. The molecule has 2 aromatic carbocycles. The highest BCUT2D eigenvalue weighted by Gasteiger charge is 2.30.